The molecule has 104 valence electrons. The lowest BCUT2D eigenvalue weighted by molar-refractivity contribution is -0.161. The molecule has 0 saturated heterocycles. The second-order valence-corrected chi connectivity index (χ2v) is 4.53. The van der Waals surface area contributed by atoms with Gasteiger partial charge in [0.2, 0.25) is 0 Å². The van der Waals surface area contributed by atoms with E-state index in [1.807, 2.05) is 55.5 Å². The van der Waals surface area contributed by atoms with Crippen LogP contribution in [0.1, 0.15) is 19.4 Å². The van der Waals surface area contributed by atoms with E-state index in [2.05, 4.69) is 0 Å². The number of rotatable bonds is 5. The molecule has 0 heterocycles. The predicted molar refractivity (Wildman–Crippen MR) is 77.5 cm³/mol. The van der Waals surface area contributed by atoms with Gasteiger partial charge in [-0.3, -0.25) is 0 Å². The van der Waals surface area contributed by atoms with E-state index < -0.39 is 11.6 Å². The highest BCUT2D eigenvalue weighted by atomic mass is 16.6. The molecule has 0 saturated carbocycles. The molecule has 0 fully saturated rings. The Morgan fingerprint density at radius 1 is 1.00 bits per heavy atom. The topological polar surface area (TPSA) is 35.5 Å². The van der Waals surface area contributed by atoms with Crippen molar-refractivity contribution in [2.24, 2.45) is 0 Å². The van der Waals surface area contributed by atoms with E-state index in [4.69, 9.17) is 9.47 Å². The first-order valence-corrected chi connectivity index (χ1v) is 6.63. The Bertz CT molecular complexity index is 551. The maximum atomic E-state index is 12.5. The quantitative estimate of drug-likeness (QED) is 0.615. The highest BCUT2D eigenvalue weighted by Gasteiger charge is 2.38. The SMILES string of the molecule is CCOC(C)(C(=O)Oc1ccccc1)c1ccccc1. The Morgan fingerprint density at radius 3 is 2.10 bits per heavy atom. The number of benzene rings is 2. The zero-order valence-corrected chi connectivity index (χ0v) is 11.7. The van der Waals surface area contributed by atoms with Gasteiger partial charge in [0.15, 0.2) is 5.60 Å². The second-order valence-electron chi connectivity index (χ2n) is 4.53. The standard InChI is InChI=1S/C17H18O3/c1-3-19-17(2,14-10-6-4-7-11-14)16(18)20-15-12-8-5-9-13-15/h4-13H,3H2,1-2H3. The maximum Gasteiger partial charge on any atom is 0.348 e. The van der Waals surface area contributed by atoms with Crippen LogP contribution in [0, 0.1) is 0 Å². The summed E-state index contributed by atoms with van der Waals surface area (Å²) in [6.45, 7) is 4.02. The van der Waals surface area contributed by atoms with Gasteiger partial charge in [0.1, 0.15) is 5.75 Å². The summed E-state index contributed by atoms with van der Waals surface area (Å²) in [5.41, 5.74) is -0.325. The van der Waals surface area contributed by atoms with E-state index in [9.17, 15) is 4.79 Å². The Morgan fingerprint density at radius 2 is 1.55 bits per heavy atom. The molecule has 2 aromatic carbocycles. The first-order chi connectivity index (χ1) is 9.66. The molecule has 2 aromatic rings. The number of esters is 1. The van der Waals surface area contributed by atoms with Gasteiger partial charge >= 0.3 is 5.97 Å². The van der Waals surface area contributed by atoms with E-state index in [0.717, 1.165) is 5.56 Å². The van der Waals surface area contributed by atoms with Gasteiger partial charge in [-0.1, -0.05) is 48.5 Å². The van der Waals surface area contributed by atoms with Crippen molar-refractivity contribution in [3.63, 3.8) is 0 Å². The summed E-state index contributed by atoms with van der Waals surface area (Å²) >= 11 is 0. The lowest BCUT2D eigenvalue weighted by Gasteiger charge is -2.27. The summed E-state index contributed by atoms with van der Waals surface area (Å²) in [4.78, 5) is 12.5. The molecule has 1 atom stereocenters. The summed E-state index contributed by atoms with van der Waals surface area (Å²) in [5.74, 6) is 0.0936. The molecule has 20 heavy (non-hydrogen) atoms. The summed E-state index contributed by atoms with van der Waals surface area (Å²) in [7, 11) is 0. The van der Waals surface area contributed by atoms with Gasteiger partial charge in [-0.25, -0.2) is 4.79 Å². The van der Waals surface area contributed by atoms with Crippen molar-refractivity contribution in [3.05, 3.63) is 66.2 Å². The van der Waals surface area contributed by atoms with E-state index in [-0.39, 0.29) is 0 Å². The molecule has 3 nitrogen and oxygen atoms in total. The summed E-state index contributed by atoms with van der Waals surface area (Å²) < 4.78 is 11.1. The van der Waals surface area contributed by atoms with Crippen LogP contribution < -0.4 is 4.74 Å². The van der Waals surface area contributed by atoms with Crippen molar-refractivity contribution in [2.75, 3.05) is 6.61 Å². The van der Waals surface area contributed by atoms with Crippen LogP contribution in [0.4, 0.5) is 0 Å². The van der Waals surface area contributed by atoms with Crippen molar-refractivity contribution < 1.29 is 14.3 Å². The largest absolute Gasteiger partial charge is 0.424 e. The van der Waals surface area contributed by atoms with E-state index in [1.165, 1.54) is 0 Å². The van der Waals surface area contributed by atoms with Gasteiger partial charge < -0.3 is 9.47 Å². The Hall–Kier alpha value is -2.13. The molecule has 0 aromatic heterocycles. The summed E-state index contributed by atoms with van der Waals surface area (Å²) in [6.07, 6.45) is 0. The zero-order valence-electron chi connectivity index (χ0n) is 11.7. The molecule has 0 amide bonds. The summed E-state index contributed by atoms with van der Waals surface area (Å²) in [5, 5.41) is 0. The maximum absolute atomic E-state index is 12.5. The number of hydrogen-bond donors (Lipinski definition) is 0. The van der Waals surface area contributed by atoms with Crippen LogP contribution >= 0.6 is 0 Å². The van der Waals surface area contributed by atoms with Gasteiger partial charge in [0.05, 0.1) is 0 Å². The molecular formula is C17H18O3. The molecule has 0 aliphatic rings. The Balaban J connectivity index is 2.26. The van der Waals surface area contributed by atoms with Gasteiger partial charge in [-0.2, -0.15) is 0 Å². The van der Waals surface area contributed by atoms with Crippen molar-refractivity contribution in [1.82, 2.24) is 0 Å². The minimum atomic E-state index is -1.11. The van der Waals surface area contributed by atoms with Crippen molar-refractivity contribution in [2.45, 2.75) is 19.4 Å². The Labute approximate surface area is 119 Å². The summed E-state index contributed by atoms with van der Waals surface area (Å²) in [6, 6.07) is 18.4. The number of carbonyl (C=O) groups excluding carboxylic acids is 1. The van der Waals surface area contributed by atoms with Crippen LogP contribution in [0.5, 0.6) is 5.75 Å². The fraction of sp³-hybridized carbons (Fsp3) is 0.235. The van der Waals surface area contributed by atoms with Crippen molar-refractivity contribution >= 4 is 5.97 Å². The van der Waals surface area contributed by atoms with Gasteiger partial charge in [-0.05, 0) is 31.5 Å². The molecule has 0 spiro atoms. The molecule has 2 rings (SSSR count). The zero-order chi connectivity index (χ0) is 14.4. The van der Waals surface area contributed by atoms with Crippen LogP contribution in [0.15, 0.2) is 60.7 Å². The second kappa shape index (κ2) is 6.35. The molecule has 0 N–H and O–H groups in total. The van der Waals surface area contributed by atoms with Gasteiger partial charge in [-0.15, -0.1) is 0 Å². The van der Waals surface area contributed by atoms with E-state index in [1.54, 1.807) is 19.1 Å². The third-order valence-electron chi connectivity index (χ3n) is 3.10. The lowest BCUT2D eigenvalue weighted by Crippen LogP contribution is -2.39. The number of para-hydroxylation sites is 1. The number of ether oxygens (including phenoxy) is 2. The van der Waals surface area contributed by atoms with Crippen LogP contribution in [-0.2, 0) is 15.1 Å². The predicted octanol–water partition coefficient (Wildman–Crippen LogP) is 3.54. The van der Waals surface area contributed by atoms with Crippen molar-refractivity contribution in [3.8, 4) is 5.75 Å². The van der Waals surface area contributed by atoms with Crippen LogP contribution in [0.25, 0.3) is 0 Å². The molecule has 0 aliphatic heterocycles. The van der Waals surface area contributed by atoms with Crippen LogP contribution in [-0.4, -0.2) is 12.6 Å². The lowest BCUT2D eigenvalue weighted by atomic mass is 9.96. The molecule has 0 bridgehead atoms. The van der Waals surface area contributed by atoms with Gasteiger partial charge in [0.25, 0.3) is 0 Å². The molecule has 1 unspecified atom stereocenters. The smallest absolute Gasteiger partial charge is 0.348 e. The minimum Gasteiger partial charge on any atom is -0.424 e. The van der Waals surface area contributed by atoms with E-state index >= 15 is 0 Å². The number of carbonyl (C=O) groups is 1. The normalized spacial score (nSPS) is 13.5. The highest BCUT2D eigenvalue weighted by Crippen LogP contribution is 2.27. The Kier molecular flexibility index (Phi) is 4.53. The van der Waals surface area contributed by atoms with Crippen LogP contribution in [0.2, 0.25) is 0 Å². The van der Waals surface area contributed by atoms with Crippen LogP contribution in [0.3, 0.4) is 0 Å². The van der Waals surface area contributed by atoms with Gasteiger partial charge in [0, 0.05) is 6.61 Å². The number of hydrogen-bond acceptors (Lipinski definition) is 3. The highest BCUT2D eigenvalue weighted by molar-refractivity contribution is 5.83. The average Bonchev–Trinajstić information content (AvgIpc) is 2.49. The first-order valence-electron chi connectivity index (χ1n) is 6.63. The van der Waals surface area contributed by atoms with E-state index in [0.29, 0.717) is 12.4 Å². The van der Waals surface area contributed by atoms with Crippen molar-refractivity contribution in [1.29, 1.82) is 0 Å². The average molecular weight is 270 g/mol. The monoisotopic (exact) mass is 270 g/mol. The molecule has 3 heteroatoms. The molecule has 0 radical (unpaired) electrons. The fourth-order valence-electron chi connectivity index (χ4n) is 2.00. The molecule has 0 aliphatic carbocycles. The third kappa shape index (κ3) is 3.06. The minimum absolute atomic E-state index is 0.420. The fourth-order valence-corrected chi connectivity index (χ4v) is 2.00. The first kappa shape index (κ1) is 14.3. The third-order valence-corrected chi connectivity index (χ3v) is 3.10. The molecular weight excluding hydrogens is 252 g/mol.